The van der Waals surface area contributed by atoms with Crippen LogP contribution >= 0.6 is 23.2 Å². The predicted molar refractivity (Wildman–Crippen MR) is 64.6 cm³/mol. The summed E-state index contributed by atoms with van der Waals surface area (Å²) >= 11 is 11.9. The number of halogens is 2. The summed E-state index contributed by atoms with van der Waals surface area (Å²) in [4.78, 5) is 2.04. The molecule has 0 aromatic heterocycles. The van der Waals surface area contributed by atoms with Gasteiger partial charge in [-0.15, -0.1) is 0 Å². The molecule has 0 aliphatic carbocycles. The SMILES string of the molecule is N#CB1CCCN1c1ccc(Cl)cc1Cl. The van der Waals surface area contributed by atoms with E-state index in [9.17, 15) is 0 Å². The Hall–Kier alpha value is -0.845. The molecule has 1 aromatic rings. The van der Waals surface area contributed by atoms with E-state index in [4.69, 9.17) is 28.5 Å². The smallest absolute Gasteiger partial charge is 0.378 e. The number of hydrogen-bond acceptors (Lipinski definition) is 2. The monoisotopic (exact) mass is 238 g/mol. The van der Waals surface area contributed by atoms with Crippen LogP contribution in [0.5, 0.6) is 0 Å². The van der Waals surface area contributed by atoms with Gasteiger partial charge in [0.15, 0.2) is 0 Å². The third-order valence-corrected chi connectivity index (χ3v) is 3.16. The van der Waals surface area contributed by atoms with E-state index in [1.807, 2.05) is 10.9 Å². The first-order valence-corrected chi connectivity index (χ1v) is 5.59. The van der Waals surface area contributed by atoms with Crippen LogP contribution in [0.15, 0.2) is 18.2 Å². The molecule has 0 atom stereocenters. The number of nitriles is 1. The summed E-state index contributed by atoms with van der Waals surface area (Å²) in [5, 5.41) is 10.2. The number of nitrogens with zero attached hydrogens (tertiary/aromatic N) is 2. The molecule has 2 rings (SSSR count). The molecule has 15 heavy (non-hydrogen) atoms. The highest BCUT2D eigenvalue weighted by molar-refractivity contribution is 6.71. The highest BCUT2D eigenvalue weighted by Crippen LogP contribution is 2.32. The van der Waals surface area contributed by atoms with E-state index in [0.717, 1.165) is 25.0 Å². The van der Waals surface area contributed by atoms with Gasteiger partial charge in [0.25, 0.3) is 0 Å². The number of benzene rings is 1. The van der Waals surface area contributed by atoms with Gasteiger partial charge < -0.3 is 4.81 Å². The number of rotatable bonds is 1. The average molecular weight is 239 g/mol. The highest BCUT2D eigenvalue weighted by Gasteiger charge is 2.30. The predicted octanol–water partition coefficient (Wildman–Crippen LogP) is 3.26. The van der Waals surface area contributed by atoms with Crippen LogP contribution in [0.1, 0.15) is 6.42 Å². The van der Waals surface area contributed by atoms with Crippen molar-refractivity contribution in [2.45, 2.75) is 12.7 Å². The maximum Gasteiger partial charge on any atom is 0.378 e. The molecular formula is C10H9BCl2N2. The minimum atomic E-state index is -0.0522. The van der Waals surface area contributed by atoms with Crippen LogP contribution in [0, 0.1) is 11.2 Å². The van der Waals surface area contributed by atoms with E-state index < -0.39 is 0 Å². The van der Waals surface area contributed by atoms with Crippen LogP contribution in [0.4, 0.5) is 5.69 Å². The fraction of sp³-hybridized carbons (Fsp3) is 0.300. The fourth-order valence-corrected chi connectivity index (χ4v) is 2.42. The molecule has 76 valence electrons. The second-order valence-corrected chi connectivity index (χ2v) is 4.42. The Kier molecular flexibility index (Phi) is 3.09. The van der Waals surface area contributed by atoms with Crippen molar-refractivity contribution >= 4 is 35.7 Å². The molecule has 1 fully saturated rings. The summed E-state index contributed by atoms with van der Waals surface area (Å²) in [5.41, 5.74) is 0.908. The summed E-state index contributed by atoms with van der Waals surface area (Å²) < 4.78 is 0. The lowest BCUT2D eigenvalue weighted by Gasteiger charge is -2.21. The van der Waals surface area contributed by atoms with Crippen molar-refractivity contribution in [2.24, 2.45) is 0 Å². The average Bonchev–Trinajstić information content (AvgIpc) is 2.65. The molecule has 0 N–H and O–H groups in total. The molecule has 0 saturated carbocycles. The van der Waals surface area contributed by atoms with Gasteiger partial charge in [-0.05, 0) is 30.9 Å². The van der Waals surface area contributed by atoms with E-state index in [-0.39, 0.29) is 6.85 Å². The molecular weight excluding hydrogens is 230 g/mol. The first-order valence-electron chi connectivity index (χ1n) is 4.83. The Bertz CT molecular complexity index is 416. The van der Waals surface area contributed by atoms with Crippen LogP contribution < -0.4 is 4.81 Å². The van der Waals surface area contributed by atoms with Crippen molar-refractivity contribution in [3.8, 4) is 5.97 Å². The van der Waals surface area contributed by atoms with E-state index in [1.165, 1.54) is 0 Å². The van der Waals surface area contributed by atoms with Crippen molar-refractivity contribution < 1.29 is 0 Å². The minimum absolute atomic E-state index is 0.0522. The Labute approximate surface area is 99.5 Å². The first kappa shape index (κ1) is 10.7. The van der Waals surface area contributed by atoms with Gasteiger partial charge in [0.2, 0.25) is 0 Å². The van der Waals surface area contributed by atoms with Crippen molar-refractivity contribution in [1.29, 1.82) is 5.26 Å². The Morgan fingerprint density at radius 3 is 2.87 bits per heavy atom. The molecule has 2 nitrogen and oxygen atoms in total. The van der Waals surface area contributed by atoms with Crippen LogP contribution in [0.25, 0.3) is 0 Å². The lowest BCUT2D eigenvalue weighted by Crippen LogP contribution is -2.32. The Morgan fingerprint density at radius 2 is 2.20 bits per heavy atom. The molecule has 1 heterocycles. The third kappa shape index (κ3) is 2.06. The normalized spacial score (nSPS) is 15.5. The van der Waals surface area contributed by atoms with Crippen molar-refractivity contribution in [1.82, 2.24) is 0 Å². The summed E-state index contributed by atoms with van der Waals surface area (Å²) in [7, 11) is 0. The van der Waals surface area contributed by atoms with Crippen LogP contribution in [-0.4, -0.2) is 13.4 Å². The molecule has 1 aliphatic rings. The van der Waals surface area contributed by atoms with Gasteiger partial charge in [-0.25, -0.2) is 5.26 Å². The van der Waals surface area contributed by atoms with E-state index in [0.29, 0.717) is 10.0 Å². The first-order chi connectivity index (χ1) is 7.22. The lowest BCUT2D eigenvalue weighted by atomic mass is 9.61. The molecule has 0 unspecified atom stereocenters. The molecule has 0 radical (unpaired) electrons. The zero-order chi connectivity index (χ0) is 10.8. The lowest BCUT2D eigenvalue weighted by molar-refractivity contribution is 0.982. The quantitative estimate of drug-likeness (QED) is 0.703. The Balaban J connectivity index is 2.33. The minimum Gasteiger partial charge on any atom is -0.401 e. The summed E-state index contributed by atoms with van der Waals surface area (Å²) in [6.07, 6.45) is 1.95. The summed E-state index contributed by atoms with van der Waals surface area (Å²) in [5.74, 6) is 2.29. The van der Waals surface area contributed by atoms with Crippen molar-refractivity contribution in [2.75, 3.05) is 11.4 Å². The van der Waals surface area contributed by atoms with Gasteiger partial charge in [-0.2, -0.15) is 0 Å². The van der Waals surface area contributed by atoms with Gasteiger partial charge >= 0.3 is 6.85 Å². The molecule has 0 bridgehead atoms. The molecule has 0 amide bonds. The second kappa shape index (κ2) is 4.34. The van der Waals surface area contributed by atoms with Crippen LogP contribution in [0.2, 0.25) is 16.4 Å². The van der Waals surface area contributed by atoms with Gasteiger partial charge in [0.05, 0.1) is 5.02 Å². The van der Waals surface area contributed by atoms with Gasteiger partial charge in [0, 0.05) is 23.2 Å². The van der Waals surface area contributed by atoms with Crippen LogP contribution in [-0.2, 0) is 0 Å². The molecule has 0 spiro atoms. The second-order valence-electron chi connectivity index (χ2n) is 3.58. The Morgan fingerprint density at radius 1 is 1.40 bits per heavy atom. The van der Waals surface area contributed by atoms with E-state index >= 15 is 0 Å². The van der Waals surface area contributed by atoms with E-state index in [1.54, 1.807) is 12.1 Å². The maximum atomic E-state index is 8.98. The zero-order valence-electron chi connectivity index (χ0n) is 8.08. The highest BCUT2D eigenvalue weighted by atomic mass is 35.5. The van der Waals surface area contributed by atoms with Gasteiger partial charge in [-0.3, -0.25) is 0 Å². The molecule has 5 heteroatoms. The molecule has 1 aromatic carbocycles. The molecule has 1 aliphatic heterocycles. The van der Waals surface area contributed by atoms with Gasteiger partial charge in [-0.1, -0.05) is 23.2 Å². The number of anilines is 1. The summed E-state index contributed by atoms with van der Waals surface area (Å²) in [6.45, 7) is 0.836. The number of hydrogen-bond donors (Lipinski definition) is 0. The fourth-order valence-electron chi connectivity index (χ4n) is 1.90. The topological polar surface area (TPSA) is 27.0 Å². The third-order valence-electron chi connectivity index (χ3n) is 2.62. The van der Waals surface area contributed by atoms with E-state index in [2.05, 4.69) is 5.97 Å². The van der Waals surface area contributed by atoms with Gasteiger partial charge in [0.1, 0.15) is 0 Å². The van der Waals surface area contributed by atoms with Crippen molar-refractivity contribution in [3.63, 3.8) is 0 Å². The zero-order valence-corrected chi connectivity index (χ0v) is 9.59. The van der Waals surface area contributed by atoms with Crippen molar-refractivity contribution in [3.05, 3.63) is 28.2 Å². The van der Waals surface area contributed by atoms with Crippen LogP contribution in [0.3, 0.4) is 0 Å². The maximum absolute atomic E-state index is 8.98. The largest absolute Gasteiger partial charge is 0.401 e. The molecule has 1 saturated heterocycles. The standard InChI is InChI=1S/C10H9BCl2N2/c12-8-2-3-10(9(13)6-8)15-5-1-4-11(15)7-14/h2-3,6H,1,4-5H2. The summed E-state index contributed by atoms with van der Waals surface area (Å²) in [6, 6.07) is 5.39.